The molecule has 3 aromatic rings. The Bertz CT molecular complexity index is 1340. The van der Waals surface area contributed by atoms with Crippen LogP contribution in [0.2, 0.25) is 0 Å². The van der Waals surface area contributed by atoms with E-state index in [1.165, 1.54) is 4.90 Å². The molecule has 0 fully saturated rings. The van der Waals surface area contributed by atoms with Gasteiger partial charge in [-0.25, -0.2) is 0 Å². The van der Waals surface area contributed by atoms with Gasteiger partial charge in [0.05, 0.1) is 16.6 Å². The highest BCUT2D eigenvalue weighted by atomic mass is 16.3. The number of hydrogen-bond acceptors (Lipinski definition) is 4. The van der Waals surface area contributed by atoms with E-state index in [1.54, 1.807) is 23.1 Å². The van der Waals surface area contributed by atoms with Crippen molar-refractivity contribution in [2.75, 3.05) is 18.0 Å². The summed E-state index contributed by atoms with van der Waals surface area (Å²) in [7, 11) is 0. The fourth-order valence-corrected chi connectivity index (χ4v) is 4.93. The fourth-order valence-electron chi connectivity index (χ4n) is 4.93. The molecule has 2 aliphatic rings. The first-order valence-corrected chi connectivity index (χ1v) is 10.4. The van der Waals surface area contributed by atoms with Crippen LogP contribution >= 0.6 is 0 Å². The van der Waals surface area contributed by atoms with Crippen molar-refractivity contribution in [3.05, 3.63) is 87.8 Å². The fraction of sp³-hybridized carbons (Fsp3) is 0.240. The zero-order valence-electron chi connectivity index (χ0n) is 17.5. The third-order valence-corrected chi connectivity index (χ3v) is 6.15. The molecule has 156 valence electrons. The summed E-state index contributed by atoms with van der Waals surface area (Å²) in [5, 5.41) is 0.366. The highest BCUT2D eigenvalue weighted by Gasteiger charge is 2.64. The van der Waals surface area contributed by atoms with Crippen LogP contribution in [-0.4, -0.2) is 29.8 Å². The van der Waals surface area contributed by atoms with Crippen molar-refractivity contribution in [1.82, 2.24) is 4.90 Å². The SMILES string of the molecule is C=CCN1C(=O)c2oc3ccc(C)cc3c(=O)c2C12C(=O)N(CCC)c1ccccc12. The molecule has 6 heteroatoms. The molecule has 0 saturated carbocycles. The molecule has 1 spiro atoms. The van der Waals surface area contributed by atoms with Crippen molar-refractivity contribution in [1.29, 1.82) is 0 Å². The molecule has 5 rings (SSSR count). The number of fused-ring (bicyclic) bond motifs is 5. The number of anilines is 1. The highest BCUT2D eigenvalue weighted by Crippen LogP contribution is 2.52. The van der Waals surface area contributed by atoms with Crippen LogP contribution in [0.3, 0.4) is 0 Å². The van der Waals surface area contributed by atoms with E-state index >= 15 is 0 Å². The van der Waals surface area contributed by atoms with E-state index in [1.807, 2.05) is 44.2 Å². The average Bonchev–Trinajstić information content (AvgIpc) is 3.15. The van der Waals surface area contributed by atoms with E-state index in [9.17, 15) is 14.4 Å². The summed E-state index contributed by atoms with van der Waals surface area (Å²) in [5.74, 6) is -0.843. The zero-order valence-corrected chi connectivity index (χ0v) is 17.5. The summed E-state index contributed by atoms with van der Waals surface area (Å²) < 4.78 is 5.98. The van der Waals surface area contributed by atoms with Gasteiger partial charge in [-0.2, -0.15) is 0 Å². The number of rotatable bonds is 4. The van der Waals surface area contributed by atoms with Crippen LogP contribution in [0, 0.1) is 6.92 Å². The minimum atomic E-state index is -1.55. The number of para-hydroxylation sites is 1. The van der Waals surface area contributed by atoms with Crippen molar-refractivity contribution >= 4 is 28.5 Å². The van der Waals surface area contributed by atoms with Gasteiger partial charge in [-0.3, -0.25) is 14.4 Å². The van der Waals surface area contributed by atoms with Gasteiger partial charge in [-0.1, -0.05) is 42.8 Å². The maximum atomic E-state index is 14.0. The van der Waals surface area contributed by atoms with Crippen molar-refractivity contribution in [3.63, 3.8) is 0 Å². The molecule has 0 bridgehead atoms. The van der Waals surface area contributed by atoms with Crippen LogP contribution in [0.5, 0.6) is 0 Å². The van der Waals surface area contributed by atoms with Crippen molar-refractivity contribution in [2.45, 2.75) is 25.8 Å². The zero-order chi connectivity index (χ0) is 21.9. The van der Waals surface area contributed by atoms with Gasteiger partial charge in [0.25, 0.3) is 11.8 Å². The number of amides is 2. The lowest BCUT2D eigenvalue weighted by Gasteiger charge is -2.33. The lowest BCUT2D eigenvalue weighted by atomic mass is 9.84. The number of benzene rings is 2. The van der Waals surface area contributed by atoms with E-state index in [4.69, 9.17) is 4.42 Å². The van der Waals surface area contributed by atoms with E-state index in [0.717, 1.165) is 12.0 Å². The van der Waals surface area contributed by atoms with E-state index < -0.39 is 11.4 Å². The normalized spacial score (nSPS) is 19.4. The van der Waals surface area contributed by atoms with Crippen LogP contribution in [0.25, 0.3) is 11.0 Å². The van der Waals surface area contributed by atoms with Crippen LogP contribution in [0.15, 0.2) is 64.3 Å². The summed E-state index contributed by atoms with van der Waals surface area (Å²) in [6.07, 6.45) is 2.31. The molecule has 1 aromatic heterocycles. The number of aryl methyl sites for hydroxylation is 1. The Kier molecular flexibility index (Phi) is 4.15. The Labute approximate surface area is 179 Å². The van der Waals surface area contributed by atoms with Crippen LogP contribution in [-0.2, 0) is 10.3 Å². The van der Waals surface area contributed by atoms with Crippen LogP contribution in [0.4, 0.5) is 5.69 Å². The summed E-state index contributed by atoms with van der Waals surface area (Å²) in [6.45, 7) is 8.24. The highest BCUT2D eigenvalue weighted by molar-refractivity contribution is 6.17. The van der Waals surface area contributed by atoms with Crippen molar-refractivity contribution in [3.8, 4) is 0 Å². The second-order valence-corrected chi connectivity index (χ2v) is 8.02. The maximum Gasteiger partial charge on any atom is 0.291 e. The van der Waals surface area contributed by atoms with Gasteiger partial charge in [-0.05, 0) is 31.5 Å². The number of carbonyl (C=O) groups excluding carboxylic acids is 2. The Hall–Kier alpha value is -3.67. The maximum absolute atomic E-state index is 14.0. The molecule has 2 aliphatic heterocycles. The molecule has 0 aliphatic carbocycles. The van der Waals surface area contributed by atoms with Crippen molar-refractivity contribution in [2.24, 2.45) is 0 Å². The molecular weight excluding hydrogens is 392 g/mol. The first kappa shape index (κ1) is 19.3. The topological polar surface area (TPSA) is 70.8 Å². The van der Waals surface area contributed by atoms with E-state index in [-0.39, 0.29) is 29.2 Å². The Morgan fingerprint density at radius 1 is 1.13 bits per heavy atom. The molecule has 0 radical (unpaired) electrons. The first-order chi connectivity index (χ1) is 15.0. The van der Waals surface area contributed by atoms with Gasteiger partial charge in [-0.15, -0.1) is 6.58 Å². The van der Waals surface area contributed by atoms with Crippen LogP contribution in [0.1, 0.15) is 40.6 Å². The molecule has 31 heavy (non-hydrogen) atoms. The Balaban J connectivity index is 1.94. The monoisotopic (exact) mass is 414 g/mol. The van der Waals surface area contributed by atoms with Crippen LogP contribution < -0.4 is 10.3 Å². The van der Waals surface area contributed by atoms with Crippen molar-refractivity contribution < 1.29 is 14.0 Å². The molecule has 1 unspecified atom stereocenters. The third-order valence-electron chi connectivity index (χ3n) is 6.15. The molecular formula is C25H22N2O4. The summed E-state index contributed by atoms with van der Waals surface area (Å²) in [4.78, 5) is 44.5. The van der Waals surface area contributed by atoms with Gasteiger partial charge in [0.15, 0.2) is 11.0 Å². The lowest BCUT2D eigenvalue weighted by molar-refractivity contribution is -0.125. The average molecular weight is 414 g/mol. The minimum absolute atomic E-state index is 0.0651. The predicted octanol–water partition coefficient (Wildman–Crippen LogP) is 3.74. The number of hydrogen-bond donors (Lipinski definition) is 0. The third kappa shape index (κ3) is 2.30. The second-order valence-electron chi connectivity index (χ2n) is 8.02. The van der Waals surface area contributed by atoms with Gasteiger partial charge in [0.1, 0.15) is 5.58 Å². The molecule has 3 heterocycles. The largest absolute Gasteiger partial charge is 0.450 e. The summed E-state index contributed by atoms with van der Waals surface area (Å²) >= 11 is 0. The van der Waals surface area contributed by atoms with E-state index in [2.05, 4.69) is 6.58 Å². The molecule has 2 amide bonds. The standard InChI is InChI=1S/C25H22N2O4/c1-4-12-26-18-9-7-6-8-17(18)25(24(26)30)20-21(28)16-14-15(3)10-11-19(16)31-22(20)23(29)27(25)13-5-2/h5-11,14H,2,4,12-13H2,1,3H3. The molecule has 0 saturated heterocycles. The summed E-state index contributed by atoms with van der Waals surface area (Å²) in [6, 6.07) is 12.6. The Morgan fingerprint density at radius 3 is 2.65 bits per heavy atom. The molecule has 6 nitrogen and oxygen atoms in total. The molecule has 0 N–H and O–H groups in total. The minimum Gasteiger partial charge on any atom is -0.450 e. The first-order valence-electron chi connectivity index (χ1n) is 10.4. The number of carbonyl (C=O) groups is 2. The Morgan fingerprint density at radius 2 is 1.90 bits per heavy atom. The van der Waals surface area contributed by atoms with E-state index in [0.29, 0.717) is 28.8 Å². The summed E-state index contributed by atoms with van der Waals surface area (Å²) in [5.41, 5.74) is 0.781. The smallest absolute Gasteiger partial charge is 0.291 e. The number of nitrogens with zero attached hydrogens (tertiary/aromatic N) is 2. The van der Waals surface area contributed by atoms with Gasteiger partial charge in [0, 0.05) is 18.7 Å². The van der Waals surface area contributed by atoms with Gasteiger partial charge in [0.2, 0.25) is 5.76 Å². The lowest BCUT2D eigenvalue weighted by Crippen LogP contribution is -2.53. The quantitative estimate of drug-likeness (QED) is 0.610. The molecule has 1 atom stereocenters. The molecule has 2 aromatic carbocycles. The van der Waals surface area contributed by atoms with Gasteiger partial charge < -0.3 is 14.2 Å². The predicted molar refractivity (Wildman–Crippen MR) is 118 cm³/mol. The van der Waals surface area contributed by atoms with Gasteiger partial charge >= 0.3 is 0 Å². The second kappa shape index (κ2) is 6.67.